The molecule has 134 valence electrons. The summed E-state index contributed by atoms with van der Waals surface area (Å²) >= 11 is 0. The van der Waals surface area contributed by atoms with Gasteiger partial charge in [-0.15, -0.1) is 0 Å². The molecule has 1 saturated heterocycles. The zero-order valence-electron chi connectivity index (χ0n) is 15.0. The van der Waals surface area contributed by atoms with Crippen LogP contribution in [0.15, 0.2) is 24.3 Å². The molecule has 1 aromatic rings. The van der Waals surface area contributed by atoms with Gasteiger partial charge in [-0.2, -0.15) is 0 Å². The molecule has 1 amide bonds. The van der Waals surface area contributed by atoms with Crippen LogP contribution >= 0.6 is 0 Å². The number of amides is 1. The minimum absolute atomic E-state index is 0.190. The van der Waals surface area contributed by atoms with Gasteiger partial charge >= 0.3 is 0 Å². The largest absolute Gasteiger partial charge is 0.489 e. The van der Waals surface area contributed by atoms with Crippen LogP contribution < -0.4 is 4.74 Å². The topological polar surface area (TPSA) is 32.8 Å². The highest BCUT2D eigenvalue weighted by Crippen LogP contribution is 2.21. The molecule has 0 aliphatic carbocycles. The Hall–Kier alpha value is -1.62. The monoisotopic (exact) mass is 336 g/mol. The Balaban J connectivity index is 1.83. The van der Waals surface area contributed by atoms with Crippen molar-refractivity contribution in [2.24, 2.45) is 0 Å². The second-order valence-electron chi connectivity index (χ2n) is 6.52. The van der Waals surface area contributed by atoms with Crippen LogP contribution in [-0.4, -0.2) is 54.5 Å². The molecule has 0 aromatic heterocycles. The predicted octanol–water partition coefficient (Wildman–Crippen LogP) is 3.32. The number of para-hydroxylation sites is 1. The lowest BCUT2D eigenvalue weighted by Gasteiger charge is -2.38. The van der Waals surface area contributed by atoms with Crippen LogP contribution in [0.2, 0.25) is 0 Å². The molecular weight excluding hydrogens is 307 g/mol. The molecule has 0 saturated carbocycles. The van der Waals surface area contributed by atoms with Crippen molar-refractivity contribution >= 4 is 5.91 Å². The van der Waals surface area contributed by atoms with Crippen molar-refractivity contribution in [3.63, 3.8) is 0 Å². The number of nitrogens with zero attached hydrogens (tertiary/aromatic N) is 2. The number of ether oxygens (including phenoxy) is 1. The molecule has 1 aliphatic heterocycles. The standard InChI is InChI=1S/C19H29FN2O2/c1-4-16-9-7-8-12-22(16)19(23)15(2)21(3)13-14-24-18-11-6-5-10-17(18)20/h5-6,10-11,15-16H,4,7-9,12-14H2,1-3H3. The molecule has 1 fully saturated rings. The lowest BCUT2D eigenvalue weighted by atomic mass is 9.99. The van der Waals surface area contributed by atoms with Gasteiger partial charge < -0.3 is 9.64 Å². The summed E-state index contributed by atoms with van der Waals surface area (Å²) in [7, 11) is 1.91. The van der Waals surface area contributed by atoms with Crippen LogP contribution in [0.4, 0.5) is 4.39 Å². The van der Waals surface area contributed by atoms with Gasteiger partial charge in [-0.05, 0) is 51.8 Å². The van der Waals surface area contributed by atoms with Crippen LogP contribution in [0.3, 0.4) is 0 Å². The Morgan fingerprint density at radius 3 is 2.88 bits per heavy atom. The molecule has 1 aromatic carbocycles. The molecule has 1 aliphatic rings. The first-order valence-electron chi connectivity index (χ1n) is 8.92. The number of hydrogen-bond donors (Lipinski definition) is 0. The van der Waals surface area contributed by atoms with Crippen LogP contribution in [0, 0.1) is 5.82 Å². The summed E-state index contributed by atoms with van der Waals surface area (Å²) in [6.45, 7) is 5.87. The highest BCUT2D eigenvalue weighted by atomic mass is 19.1. The zero-order chi connectivity index (χ0) is 17.5. The Morgan fingerprint density at radius 2 is 2.17 bits per heavy atom. The van der Waals surface area contributed by atoms with E-state index >= 15 is 0 Å². The van der Waals surface area contributed by atoms with Crippen molar-refractivity contribution < 1.29 is 13.9 Å². The van der Waals surface area contributed by atoms with Gasteiger partial charge in [0.2, 0.25) is 5.91 Å². The summed E-state index contributed by atoms with van der Waals surface area (Å²) in [5.41, 5.74) is 0. The van der Waals surface area contributed by atoms with Gasteiger partial charge in [0.1, 0.15) is 6.61 Å². The molecule has 0 bridgehead atoms. The van der Waals surface area contributed by atoms with E-state index in [9.17, 15) is 9.18 Å². The zero-order valence-corrected chi connectivity index (χ0v) is 15.0. The molecule has 4 nitrogen and oxygen atoms in total. The molecule has 24 heavy (non-hydrogen) atoms. The van der Waals surface area contributed by atoms with Crippen LogP contribution in [0.25, 0.3) is 0 Å². The van der Waals surface area contributed by atoms with Gasteiger partial charge in [-0.25, -0.2) is 4.39 Å². The van der Waals surface area contributed by atoms with Crippen molar-refractivity contribution in [3.8, 4) is 5.75 Å². The Bertz CT molecular complexity index is 538. The fourth-order valence-corrected chi connectivity index (χ4v) is 3.20. The summed E-state index contributed by atoms with van der Waals surface area (Å²) < 4.78 is 19.0. The van der Waals surface area contributed by atoms with E-state index in [0.717, 1.165) is 25.8 Å². The minimum Gasteiger partial charge on any atom is -0.489 e. The Labute approximate surface area is 144 Å². The minimum atomic E-state index is -0.358. The number of benzene rings is 1. The van der Waals surface area contributed by atoms with Gasteiger partial charge in [-0.1, -0.05) is 19.1 Å². The molecule has 2 atom stereocenters. The van der Waals surface area contributed by atoms with Crippen molar-refractivity contribution in [1.82, 2.24) is 9.80 Å². The molecule has 1 heterocycles. The van der Waals surface area contributed by atoms with Crippen molar-refractivity contribution in [3.05, 3.63) is 30.1 Å². The maximum Gasteiger partial charge on any atom is 0.239 e. The number of hydrogen-bond acceptors (Lipinski definition) is 3. The van der Waals surface area contributed by atoms with E-state index < -0.39 is 0 Å². The van der Waals surface area contributed by atoms with Crippen LogP contribution in [0.1, 0.15) is 39.5 Å². The predicted molar refractivity (Wildman–Crippen MR) is 93.6 cm³/mol. The molecule has 2 unspecified atom stereocenters. The Kier molecular flexibility index (Phi) is 7.03. The van der Waals surface area contributed by atoms with E-state index in [1.165, 1.54) is 12.5 Å². The molecule has 2 rings (SSSR count). The second-order valence-corrected chi connectivity index (χ2v) is 6.52. The summed E-state index contributed by atoms with van der Waals surface area (Å²) in [6.07, 6.45) is 4.42. The smallest absolute Gasteiger partial charge is 0.239 e. The van der Waals surface area contributed by atoms with Crippen molar-refractivity contribution in [1.29, 1.82) is 0 Å². The molecule has 0 spiro atoms. The summed E-state index contributed by atoms with van der Waals surface area (Å²) in [5, 5.41) is 0. The first-order chi connectivity index (χ1) is 11.5. The lowest BCUT2D eigenvalue weighted by molar-refractivity contribution is -0.139. The van der Waals surface area contributed by atoms with Crippen LogP contribution in [-0.2, 0) is 4.79 Å². The van der Waals surface area contributed by atoms with Crippen LogP contribution in [0.5, 0.6) is 5.75 Å². The van der Waals surface area contributed by atoms with Gasteiger partial charge in [0.25, 0.3) is 0 Å². The molecule has 0 radical (unpaired) electrons. The summed E-state index contributed by atoms with van der Waals surface area (Å²) in [5.74, 6) is 0.0882. The quantitative estimate of drug-likeness (QED) is 0.766. The number of likely N-dealkylation sites (N-methyl/N-ethyl adjacent to an activating group) is 1. The number of likely N-dealkylation sites (tertiary alicyclic amines) is 1. The average Bonchev–Trinajstić information content (AvgIpc) is 2.61. The number of carbonyl (C=O) groups excluding carboxylic acids is 1. The lowest BCUT2D eigenvalue weighted by Crippen LogP contribution is -2.51. The summed E-state index contributed by atoms with van der Waals surface area (Å²) in [4.78, 5) is 16.8. The van der Waals surface area contributed by atoms with Gasteiger partial charge in [-0.3, -0.25) is 9.69 Å². The first kappa shape index (κ1) is 18.7. The number of rotatable bonds is 7. The average molecular weight is 336 g/mol. The van der Waals surface area contributed by atoms with Gasteiger partial charge in [0, 0.05) is 19.1 Å². The van der Waals surface area contributed by atoms with E-state index in [2.05, 4.69) is 6.92 Å². The van der Waals surface area contributed by atoms with Crippen molar-refractivity contribution in [2.45, 2.75) is 51.6 Å². The maximum absolute atomic E-state index is 13.5. The van der Waals surface area contributed by atoms with E-state index in [4.69, 9.17) is 4.74 Å². The number of halogens is 1. The fraction of sp³-hybridized carbons (Fsp3) is 0.632. The fourth-order valence-electron chi connectivity index (χ4n) is 3.20. The normalized spacial score (nSPS) is 19.4. The van der Waals surface area contributed by atoms with E-state index in [0.29, 0.717) is 19.2 Å². The third kappa shape index (κ3) is 4.69. The highest BCUT2D eigenvalue weighted by molar-refractivity contribution is 5.81. The van der Waals surface area contributed by atoms with Crippen molar-refractivity contribution in [2.75, 3.05) is 26.7 Å². The van der Waals surface area contributed by atoms with E-state index in [1.807, 2.05) is 23.8 Å². The summed E-state index contributed by atoms with van der Waals surface area (Å²) in [6, 6.07) is 6.56. The van der Waals surface area contributed by atoms with E-state index in [1.54, 1.807) is 18.2 Å². The number of piperidine rings is 1. The maximum atomic E-state index is 13.5. The molecular formula is C19H29FN2O2. The second kappa shape index (κ2) is 9.02. The van der Waals surface area contributed by atoms with Gasteiger partial charge in [0.15, 0.2) is 11.6 Å². The molecule has 5 heteroatoms. The number of carbonyl (C=O) groups is 1. The first-order valence-corrected chi connectivity index (χ1v) is 8.92. The van der Waals surface area contributed by atoms with E-state index in [-0.39, 0.29) is 23.5 Å². The SMILES string of the molecule is CCC1CCCCN1C(=O)C(C)N(C)CCOc1ccccc1F. The van der Waals surface area contributed by atoms with Gasteiger partial charge in [0.05, 0.1) is 6.04 Å². The Morgan fingerprint density at radius 1 is 1.42 bits per heavy atom. The third-order valence-electron chi connectivity index (χ3n) is 4.94. The molecule has 0 N–H and O–H groups in total. The third-order valence-corrected chi connectivity index (χ3v) is 4.94. The highest BCUT2D eigenvalue weighted by Gasteiger charge is 2.30.